The van der Waals surface area contributed by atoms with E-state index in [4.69, 9.17) is 11.1 Å². The summed E-state index contributed by atoms with van der Waals surface area (Å²) >= 11 is 0. The van der Waals surface area contributed by atoms with Gasteiger partial charge in [-0.05, 0) is 31.7 Å². The van der Waals surface area contributed by atoms with Crippen LogP contribution >= 0.6 is 0 Å². The van der Waals surface area contributed by atoms with Crippen molar-refractivity contribution in [3.63, 3.8) is 0 Å². The molecule has 1 atom stereocenters. The van der Waals surface area contributed by atoms with Crippen molar-refractivity contribution in [3.8, 4) is 0 Å². The highest BCUT2D eigenvalue weighted by atomic mass is 15.3. The molecule has 0 unspecified atom stereocenters. The molecule has 2 rings (SSSR count). The predicted molar refractivity (Wildman–Crippen MR) is 55.3 cm³/mol. The smallest absolute Gasteiger partial charge is 0.0940 e. The average molecular weight is 192 g/mol. The second-order valence-corrected chi connectivity index (χ2v) is 3.83. The van der Waals surface area contributed by atoms with Gasteiger partial charge in [-0.2, -0.15) is 5.10 Å². The zero-order chi connectivity index (χ0) is 10.1. The molecule has 4 nitrogen and oxygen atoms in total. The summed E-state index contributed by atoms with van der Waals surface area (Å²) in [5.41, 5.74) is 8.13. The Bertz CT molecular complexity index is 353. The molecule has 76 valence electrons. The molecule has 0 amide bonds. The number of rotatable bonds is 2. The number of hydrogen-bond acceptors (Lipinski definition) is 2. The highest BCUT2D eigenvalue weighted by Gasteiger charge is 2.23. The Kier molecular flexibility index (Phi) is 2.27. The third kappa shape index (κ3) is 1.41. The van der Waals surface area contributed by atoms with E-state index in [2.05, 4.69) is 12.0 Å². The zero-order valence-corrected chi connectivity index (χ0v) is 8.45. The van der Waals surface area contributed by atoms with Crippen LogP contribution in [0.25, 0.3) is 0 Å². The summed E-state index contributed by atoms with van der Waals surface area (Å²) in [7, 11) is 0. The molecule has 1 aromatic rings. The zero-order valence-electron chi connectivity index (χ0n) is 8.45. The van der Waals surface area contributed by atoms with Gasteiger partial charge in [-0.25, -0.2) is 0 Å². The summed E-state index contributed by atoms with van der Waals surface area (Å²) in [4.78, 5) is 0. The normalized spacial score (nSPS) is 20.5. The van der Waals surface area contributed by atoms with Gasteiger partial charge in [0.1, 0.15) is 0 Å². The molecule has 1 aromatic heterocycles. The number of nitrogens with two attached hydrogens (primary N) is 1. The van der Waals surface area contributed by atoms with Gasteiger partial charge >= 0.3 is 0 Å². The van der Waals surface area contributed by atoms with Gasteiger partial charge in [0.2, 0.25) is 0 Å². The Morgan fingerprint density at radius 1 is 1.79 bits per heavy atom. The van der Waals surface area contributed by atoms with Crippen LogP contribution in [0.3, 0.4) is 0 Å². The van der Waals surface area contributed by atoms with Gasteiger partial charge in [-0.3, -0.25) is 10.1 Å². The molecule has 14 heavy (non-hydrogen) atoms. The van der Waals surface area contributed by atoms with E-state index in [1.165, 1.54) is 11.3 Å². The van der Waals surface area contributed by atoms with Gasteiger partial charge in [0.25, 0.3) is 0 Å². The van der Waals surface area contributed by atoms with Crippen molar-refractivity contribution in [2.24, 2.45) is 11.7 Å². The molecule has 0 fully saturated rings. The summed E-state index contributed by atoms with van der Waals surface area (Å²) in [5.74, 6) is 0.553. The molecule has 1 heterocycles. The average Bonchev–Trinajstić information content (AvgIpc) is 2.59. The number of amidine groups is 1. The van der Waals surface area contributed by atoms with E-state index in [1.807, 2.05) is 10.9 Å². The second kappa shape index (κ2) is 3.44. The van der Waals surface area contributed by atoms with Crippen molar-refractivity contribution >= 4 is 5.84 Å². The fourth-order valence-corrected chi connectivity index (χ4v) is 2.13. The van der Waals surface area contributed by atoms with Crippen LogP contribution in [0.15, 0.2) is 6.20 Å². The highest BCUT2D eigenvalue weighted by Crippen LogP contribution is 2.25. The van der Waals surface area contributed by atoms with Crippen LogP contribution in [0.1, 0.15) is 24.6 Å². The summed E-state index contributed by atoms with van der Waals surface area (Å²) in [6.07, 6.45) is 4.82. The van der Waals surface area contributed by atoms with Crippen LogP contribution in [0.4, 0.5) is 0 Å². The molecule has 0 bridgehead atoms. The third-order valence-corrected chi connectivity index (χ3v) is 2.97. The Labute approximate surface area is 83.6 Å². The number of fused-ring (bicyclic) bond motifs is 1. The van der Waals surface area contributed by atoms with E-state index in [1.54, 1.807) is 0 Å². The maximum absolute atomic E-state index is 7.43. The monoisotopic (exact) mass is 192 g/mol. The topological polar surface area (TPSA) is 67.7 Å². The van der Waals surface area contributed by atoms with Crippen LogP contribution in [0.2, 0.25) is 0 Å². The molecule has 0 saturated carbocycles. The Balaban J connectivity index is 2.24. The lowest BCUT2D eigenvalue weighted by atomic mass is 9.87. The molecule has 0 saturated heterocycles. The van der Waals surface area contributed by atoms with E-state index in [0.29, 0.717) is 5.84 Å². The van der Waals surface area contributed by atoms with Crippen molar-refractivity contribution in [2.75, 3.05) is 0 Å². The largest absolute Gasteiger partial charge is 0.387 e. The fourth-order valence-electron chi connectivity index (χ4n) is 2.13. The van der Waals surface area contributed by atoms with Crippen LogP contribution < -0.4 is 5.73 Å². The van der Waals surface area contributed by atoms with E-state index < -0.39 is 0 Å². The molecule has 3 N–H and O–H groups in total. The van der Waals surface area contributed by atoms with Gasteiger partial charge in [0.05, 0.1) is 12.0 Å². The van der Waals surface area contributed by atoms with Gasteiger partial charge in [0.15, 0.2) is 0 Å². The fraction of sp³-hybridized carbons (Fsp3) is 0.600. The van der Waals surface area contributed by atoms with Crippen molar-refractivity contribution < 1.29 is 0 Å². The van der Waals surface area contributed by atoms with Gasteiger partial charge in [-0.1, -0.05) is 0 Å². The molecule has 0 aliphatic heterocycles. The summed E-state index contributed by atoms with van der Waals surface area (Å²) in [6.45, 7) is 3.03. The van der Waals surface area contributed by atoms with Gasteiger partial charge in [-0.15, -0.1) is 0 Å². The minimum Gasteiger partial charge on any atom is -0.387 e. The van der Waals surface area contributed by atoms with Gasteiger partial charge < -0.3 is 5.73 Å². The number of aryl methyl sites for hydroxylation is 1. The number of nitrogens with zero attached hydrogens (tertiary/aromatic N) is 2. The molecular weight excluding hydrogens is 176 g/mol. The second-order valence-electron chi connectivity index (χ2n) is 3.83. The Morgan fingerprint density at radius 3 is 3.21 bits per heavy atom. The third-order valence-electron chi connectivity index (χ3n) is 2.97. The summed E-state index contributed by atoms with van der Waals surface area (Å²) in [6, 6.07) is 0. The van der Waals surface area contributed by atoms with Crippen LogP contribution in [-0.4, -0.2) is 15.6 Å². The molecule has 0 spiro atoms. The maximum atomic E-state index is 7.43. The first-order valence-electron chi connectivity index (χ1n) is 5.09. The standard InChI is InChI=1S/C10H16N4/c1-2-14-9-4-3-7(10(11)12)5-8(9)6-13-14/h6-7H,2-5H2,1H3,(H3,11,12)/t7-/m0/s1. The maximum Gasteiger partial charge on any atom is 0.0940 e. The summed E-state index contributed by atoms with van der Waals surface area (Å²) < 4.78 is 2.05. The molecule has 1 aliphatic carbocycles. The van der Waals surface area contributed by atoms with E-state index >= 15 is 0 Å². The molecule has 1 aliphatic rings. The molecule has 0 radical (unpaired) electrons. The van der Waals surface area contributed by atoms with Crippen molar-refractivity contribution in [1.29, 1.82) is 5.41 Å². The van der Waals surface area contributed by atoms with Crippen molar-refractivity contribution in [3.05, 3.63) is 17.5 Å². The van der Waals surface area contributed by atoms with E-state index in [-0.39, 0.29) is 5.92 Å². The van der Waals surface area contributed by atoms with E-state index in [0.717, 1.165) is 25.8 Å². The number of aromatic nitrogens is 2. The number of hydrogen-bond donors (Lipinski definition) is 2. The quantitative estimate of drug-likeness (QED) is 0.541. The lowest BCUT2D eigenvalue weighted by Gasteiger charge is -2.21. The molecule has 0 aromatic carbocycles. The first kappa shape index (κ1) is 9.24. The molecule has 4 heteroatoms. The first-order chi connectivity index (χ1) is 6.72. The van der Waals surface area contributed by atoms with Crippen molar-refractivity contribution in [2.45, 2.75) is 32.7 Å². The van der Waals surface area contributed by atoms with Crippen LogP contribution in [0, 0.1) is 11.3 Å². The summed E-state index contributed by atoms with van der Waals surface area (Å²) in [5, 5.41) is 11.7. The Hall–Kier alpha value is -1.32. The minimum atomic E-state index is 0.233. The first-order valence-corrected chi connectivity index (χ1v) is 5.09. The Morgan fingerprint density at radius 2 is 2.57 bits per heavy atom. The van der Waals surface area contributed by atoms with Crippen molar-refractivity contribution in [1.82, 2.24) is 9.78 Å². The van der Waals surface area contributed by atoms with Crippen LogP contribution in [-0.2, 0) is 19.4 Å². The lowest BCUT2D eigenvalue weighted by molar-refractivity contribution is 0.533. The SMILES string of the molecule is CCn1ncc2c1CC[C@H](C(=N)N)C2. The minimum absolute atomic E-state index is 0.233. The van der Waals surface area contributed by atoms with Gasteiger partial charge in [0, 0.05) is 18.2 Å². The highest BCUT2D eigenvalue weighted by molar-refractivity contribution is 5.80. The van der Waals surface area contributed by atoms with E-state index in [9.17, 15) is 0 Å². The number of nitrogens with one attached hydrogen (secondary N) is 1. The lowest BCUT2D eigenvalue weighted by Crippen LogP contribution is -2.28. The molecular formula is C10H16N4. The predicted octanol–water partition coefficient (Wildman–Crippen LogP) is 0.944. The van der Waals surface area contributed by atoms with Crippen LogP contribution in [0.5, 0.6) is 0 Å².